The van der Waals surface area contributed by atoms with E-state index >= 15 is 0 Å². The van der Waals surface area contributed by atoms with Crippen molar-refractivity contribution in [1.29, 1.82) is 0 Å². The molecule has 1 N–H and O–H groups in total. The van der Waals surface area contributed by atoms with E-state index in [0.29, 0.717) is 18.8 Å². The number of rotatable bonds is 7. The molecule has 3 rings (SSSR count). The molecule has 2 aromatic rings. The Balaban J connectivity index is 1.51. The van der Waals surface area contributed by atoms with Crippen LogP contribution in [0.5, 0.6) is 0 Å². The van der Waals surface area contributed by atoms with Crippen molar-refractivity contribution in [3.05, 3.63) is 36.0 Å². The molecule has 6 heteroatoms. The summed E-state index contributed by atoms with van der Waals surface area (Å²) in [5.74, 6) is 0.291. The normalized spacial score (nSPS) is 17.5. The first-order valence-electron chi connectivity index (χ1n) is 8.85. The van der Waals surface area contributed by atoms with Crippen molar-refractivity contribution in [3.8, 4) is 0 Å². The minimum atomic E-state index is -3.05. The van der Waals surface area contributed by atoms with Gasteiger partial charge in [-0.1, -0.05) is 31.5 Å². The molecule has 0 atom stereocenters. The number of fused-ring (bicyclic) bond motifs is 1. The summed E-state index contributed by atoms with van der Waals surface area (Å²) in [5.41, 5.74) is 2.52. The number of nitrogens with zero attached hydrogens (tertiary/aromatic N) is 2. The summed E-state index contributed by atoms with van der Waals surface area (Å²) in [6.45, 7) is 5.91. The number of hydrogen-bond donors (Lipinski definition) is 1. The topological polar surface area (TPSA) is 56.4 Å². The Morgan fingerprint density at radius 3 is 2.62 bits per heavy atom. The molecular weight excluding hydrogens is 322 g/mol. The highest BCUT2D eigenvalue weighted by Gasteiger charge is 2.26. The summed E-state index contributed by atoms with van der Waals surface area (Å²) in [5, 5.41) is 1.29. The fourth-order valence-electron chi connectivity index (χ4n) is 3.30. The Kier molecular flexibility index (Phi) is 5.58. The average molecular weight is 350 g/mol. The Morgan fingerprint density at radius 1 is 1.12 bits per heavy atom. The van der Waals surface area contributed by atoms with Gasteiger partial charge in [0.25, 0.3) is 0 Å². The van der Waals surface area contributed by atoms with Gasteiger partial charge in [0, 0.05) is 49.8 Å². The molecule has 1 aliphatic rings. The molecule has 0 unspecified atom stereocenters. The zero-order valence-corrected chi connectivity index (χ0v) is 15.2. The highest BCUT2D eigenvalue weighted by atomic mass is 32.2. The van der Waals surface area contributed by atoms with Gasteiger partial charge in [-0.25, -0.2) is 8.42 Å². The van der Waals surface area contributed by atoms with Gasteiger partial charge in [-0.05, 0) is 24.5 Å². The highest BCUT2D eigenvalue weighted by Crippen LogP contribution is 2.19. The number of H-pyrrole nitrogens is 1. The predicted molar refractivity (Wildman–Crippen MR) is 98.7 cm³/mol. The second-order valence-electron chi connectivity index (χ2n) is 6.52. The van der Waals surface area contributed by atoms with Gasteiger partial charge in [0.05, 0.1) is 5.75 Å². The van der Waals surface area contributed by atoms with E-state index < -0.39 is 10.0 Å². The van der Waals surface area contributed by atoms with Gasteiger partial charge in [-0.3, -0.25) is 0 Å². The monoisotopic (exact) mass is 349 g/mol. The summed E-state index contributed by atoms with van der Waals surface area (Å²) in [6.07, 6.45) is 4.76. The number of nitrogens with one attached hydrogen (secondary N) is 1. The molecule has 1 aromatic heterocycles. The van der Waals surface area contributed by atoms with Crippen molar-refractivity contribution in [3.63, 3.8) is 0 Å². The molecule has 0 amide bonds. The second kappa shape index (κ2) is 7.68. The summed E-state index contributed by atoms with van der Waals surface area (Å²) in [7, 11) is -3.05. The molecule has 1 fully saturated rings. The van der Waals surface area contributed by atoms with Gasteiger partial charge in [0.1, 0.15) is 0 Å². The number of aromatic nitrogens is 1. The van der Waals surface area contributed by atoms with Crippen molar-refractivity contribution < 1.29 is 8.42 Å². The van der Waals surface area contributed by atoms with Gasteiger partial charge in [-0.2, -0.15) is 4.31 Å². The van der Waals surface area contributed by atoms with Gasteiger partial charge < -0.3 is 9.88 Å². The van der Waals surface area contributed by atoms with Crippen molar-refractivity contribution >= 4 is 20.9 Å². The van der Waals surface area contributed by atoms with E-state index in [1.165, 1.54) is 16.5 Å². The van der Waals surface area contributed by atoms with Gasteiger partial charge in [0.2, 0.25) is 10.0 Å². The second-order valence-corrected chi connectivity index (χ2v) is 8.61. The van der Waals surface area contributed by atoms with E-state index in [1.54, 1.807) is 4.31 Å². The minimum absolute atomic E-state index is 0.291. The molecule has 132 valence electrons. The molecule has 0 aliphatic carbocycles. The van der Waals surface area contributed by atoms with E-state index in [1.807, 2.05) is 13.0 Å². The fourth-order valence-corrected chi connectivity index (χ4v) is 4.94. The third-order valence-electron chi connectivity index (χ3n) is 4.85. The molecule has 1 saturated heterocycles. The van der Waals surface area contributed by atoms with Crippen LogP contribution in [0.15, 0.2) is 30.5 Å². The molecule has 0 spiro atoms. The van der Waals surface area contributed by atoms with Gasteiger partial charge in [-0.15, -0.1) is 0 Å². The van der Waals surface area contributed by atoms with Crippen molar-refractivity contribution in [2.24, 2.45) is 0 Å². The van der Waals surface area contributed by atoms with E-state index in [9.17, 15) is 8.42 Å². The lowest BCUT2D eigenvalue weighted by Gasteiger charge is -2.34. The highest BCUT2D eigenvalue weighted by molar-refractivity contribution is 7.89. The van der Waals surface area contributed by atoms with E-state index in [-0.39, 0.29) is 0 Å². The molecule has 0 bridgehead atoms. The maximum atomic E-state index is 12.2. The summed E-state index contributed by atoms with van der Waals surface area (Å²) < 4.78 is 26.2. The maximum absolute atomic E-state index is 12.2. The number of piperazine rings is 1. The number of unbranched alkanes of at least 4 members (excludes halogenated alkanes) is 1. The molecule has 2 heterocycles. The molecule has 1 aromatic carbocycles. The molecule has 0 saturated carbocycles. The minimum Gasteiger partial charge on any atom is -0.361 e. The van der Waals surface area contributed by atoms with Gasteiger partial charge in [0.15, 0.2) is 0 Å². The molecule has 5 nitrogen and oxygen atoms in total. The molecular formula is C18H27N3O2S. The Bertz CT molecular complexity index is 761. The first-order chi connectivity index (χ1) is 11.6. The third-order valence-corrected chi connectivity index (χ3v) is 6.81. The van der Waals surface area contributed by atoms with Crippen LogP contribution in [0.25, 0.3) is 10.9 Å². The molecule has 24 heavy (non-hydrogen) atoms. The number of sulfonamides is 1. The van der Waals surface area contributed by atoms with Crippen LogP contribution in [-0.4, -0.2) is 61.1 Å². The Morgan fingerprint density at radius 2 is 1.88 bits per heavy atom. The van der Waals surface area contributed by atoms with Crippen LogP contribution in [0, 0.1) is 0 Å². The summed E-state index contributed by atoms with van der Waals surface area (Å²) >= 11 is 0. The van der Waals surface area contributed by atoms with Crippen LogP contribution < -0.4 is 0 Å². The number of hydrogen-bond acceptors (Lipinski definition) is 3. The van der Waals surface area contributed by atoms with Crippen LogP contribution in [0.4, 0.5) is 0 Å². The van der Waals surface area contributed by atoms with Gasteiger partial charge >= 0.3 is 0 Å². The first-order valence-corrected chi connectivity index (χ1v) is 10.5. The Hall–Kier alpha value is -1.37. The Labute approximate surface area is 144 Å². The van der Waals surface area contributed by atoms with Crippen LogP contribution in [0.3, 0.4) is 0 Å². The quantitative estimate of drug-likeness (QED) is 0.835. The van der Waals surface area contributed by atoms with Crippen LogP contribution in [0.1, 0.15) is 25.3 Å². The zero-order valence-electron chi connectivity index (χ0n) is 14.4. The van der Waals surface area contributed by atoms with E-state index in [2.05, 4.69) is 34.3 Å². The fraction of sp³-hybridized carbons (Fsp3) is 0.556. The van der Waals surface area contributed by atoms with Crippen LogP contribution >= 0.6 is 0 Å². The third kappa shape index (κ3) is 3.99. The first kappa shape index (κ1) is 17.5. The maximum Gasteiger partial charge on any atom is 0.214 e. The largest absolute Gasteiger partial charge is 0.361 e. The smallest absolute Gasteiger partial charge is 0.214 e. The van der Waals surface area contributed by atoms with Crippen molar-refractivity contribution in [1.82, 2.24) is 14.2 Å². The van der Waals surface area contributed by atoms with E-state index in [4.69, 9.17) is 0 Å². The predicted octanol–water partition coefficient (Wildman–Crippen LogP) is 2.46. The number of aromatic amines is 1. The lowest BCUT2D eigenvalue weighted by Crippen LogP contribution is -2.49. The lowest BCUT2D eigenvalue weighted by molar-refractivity contribution is 0.190. The summed E-state index contributed by atoms with van der Waals surface area (Å²) in [6, 6.07) is 8.36. The van der Waals surface area contributed by atoms with Crippen molar-refractivity contribution in [2.75, 3.05) is 38.5 Å². The molecule has 1 aliphatic heterocycles. The van der Waals surface area contributed by atoms with Crippen LogP contribution in [0.2, 0.25) is 0 Å². The zero-order chi connectivity index (χ0) is 17.0. The van der Waals surface area contributed by atoms with Crippen LogP contribution in [-0.2, 0) is 16.4 Å². The van der Waals surface area contributed by atoms with Crippen molar-refractivity contribution in [2.45, 2.75) is 26.2 Å². The summed E-state index contributed by atoms with van der Waals surface area (Å²) in [4.78, 5) is 5.68. The average Bonchev–Trinajstić information content (AvgIpc) is 3.02. The van der Waals surface area contributed by atoms with E-state index in [0.717, 1.165) is 38.9 Å². The standard InChI is InChI=1S/C18H27N3O2S/c1-2-3-14-24(22,23)21-12-10-20(11-13-21)9-8-16-15-19-18-7-5-4-6-17(16)18/h4-7,15,19H,2-3,8-14H2,1H3. The molecule has 0 radical (unpaired) electrons. The lowest BCUT2D eigenvalue weighted by atomic mass is 10.1. The SMILES string of the molecule is CCCCS(=O)(=O)N1CCN(CCc2c[nH]c3ccccc23)CC1. The number of benzene rings is 1. The number of para-hydroxylation sites is 1.